The Balaban J connectivity index is 1.73. The topological polar surface area (TPSA) is 81.7 Å². The summed E-state index contributed by atoms with van der Waals surface area (Å²) in [7, 11) is -2.90. The van der Waals surface area contributed by atoms with Gasteiger partial charge in [-0.2, -0.15) is 8.42 Å². The highest BCUT2D eigenvalue weighted by Gasteiger charge is 2.19. The van der Waals surface area contributed by atoms with Crippen LogP contribution in [0, 0.1) is 11.6 Å². The van der Waals surface area contributed by atoms with Gasteiger partial charge in [-0.15, -0.1) is 0 Å². The maximum Gasteiger partial charge on any atom is 0.339 e. The minimum Gasteiger partial charge on any atom is -0.496 e. The van der Waals surface area contributed by atoms with Crippen LogP contribution in [0.15, 0.2) is 71.6 Å². The zero-order valence-electron chi connectivity index (χ0n) is 15.1. The van der Waals surface area contributed by atoms with Crippen LogP contribution in [0.1, 0.15) is 10.4 Å². The van der Waals surface area contributed by atoms with Gasteiger partial charge in [0.2, 0.25) is 0 Å². The van der Waals surface area contributed by atoms with Crippen molar-refractivity contribution in [3.05, 3.63) is 83.9 Å². The number of hydrogen-bond donors (Lipinski definition) is 1. The molecule has 0 heterocycles. The van der Waals surface area contributed by atoms with E-state index < -0.39 is 32.6 Å². The van der Waals surface area contributed by atoms with Gasteiger partial charge in [-0.05, 0) is 54.6 Å². The summed E-state index contributed by atoms with van der Waals surface area (Å²) in [5.74, 6) is -2.54. The molecule has 0 aliphatic heterocycles. The molecule has 3 aromatic carbocycles. The first-order valence-electron chi connectivity index (χ1n) is 8.24. The second kappa shape index (κ2) is 8.27. The number of methoxy groups -OCH3 is 1. The van der Waals surface area contributed by atoms with Gasteiger partial charge in [0, 0.05) is 5.69 Å². The third-order valence-electron chi connectivity index (χ3n) is 3.85. The summed E-state index contributed by atoms with van der Waals surface area (Å²) in [6.45, 7) is 0. The summed E-state index contributed by atoms with van der Waals surface area (Å²) in [6.07, 6.45) is 0. The molecule has 9 heteroatoms. The first kappa shape index (κ1) is 20.3. The van der Waals surface area contributed by atoms with E-state index in [0.717, 1.165) is 6.07 Å². The van der Waals surface area contributed by atoms with E-state index in [1.54, 1.807) is 24.3 Å². The van der Waals surface area contributed by atoms with Gasteiger partial charge in [0.05, 0.1) is 12.7 Å². The maximum absolute atomic E-state index is 13.3. The SMILES string of the molecule is COc1ccccc1C(=O)Nc1ccc(OS(=O)(=O)c2ccc(F)c(F)c2)cc1. The zero-order valence-corrected chi connectivity index (χ0v) is 15.9. The lowest BCUT2D eigenvalue weighted by molar-refractivity contribution is 0.102. The fourth-order valence-electron chi connectivity index (χ4n) is 2.43. The minimum absolute atomic E-state index is 0.0648. The Morgan fingerprint density at radius 1 is 0.931 bits per heavy atom. The summed E-state index contributed by atoms with van der Waals surface area (Å²) in [4.78, 5) is 11.8. The molecule has 3 rings (SSSR count). The highest BCUT2D eigenvalue weighted by molar-refractivity contribution is 7.87. The predicted octanol–water partition coefficient (Wildman–Crippen LogP) is 3.99. The molecule has 0 saturated carbocycles. The molecule has 1 amide bonds. The van der Waals surface area contributed by atoms with Crippen LogP contribution in [0.5, 0.6) is 11.5 Å². The van der Waals surface area contributed by atoms with Crippen LogP contribution in [0.4, 0.5) is 14.5 Å². The fraction of sp³-hybridized carbons (Fsp3) is 0.0500. The highest BCUT2D eigenvalue weighted by Crippen LogP contribution is 2.23. The van der Waals surface area contributed by atoms with Gasteiger partial charge in [-0.25, -0.2) is 8.78 Å². The normalized spacial score (nSPS) is 11.0. The fourth-order valence-corrected chi connectivity index (χ4v) is 3.37. The molecule has 0 saturated heterocycles. The van der Waals surface area contributed by atoms with Crippen molar-refractivity contribution in [3.63, 3.8) is 0 Å². The van der Waals surface area contributed by atoms with E-state index in [-0.39, 0.29) is 5.75 Å². The molecule has 0 fully saturated rings. The Morgan fingerprint density at radius 2 is 1.62 bits per heavy atom. The van der Waals surface area contributed by atoms with Gasteiger partial charge in [-0.1, -0.05) is 12.1 Å². The molecule has 29 heavy (non-hydrogen) atoms. The number of nitrogens with one attached hydrogen (secondary N) is 1. The number of para-hydroxylation sites is 1. The Bertz CT molecular complexity index is 1150. The van der Waals surface area contributed by atoms with Crippen molar-refractivity contribution in [2.24, 2.45) is 0 Å². The average Bonchev–Trinajstić information content (AvgIpc) is 2.71. The highest BCUT2D eigenvalue weighted by atomic mass is 32.2. The Kier molecular flexibility index (Phi) is 5.79. The molecule has 0 atom stereocenters. The van der Waals surface area contributed by atoms with Crippen LogP contribution >= 0.6 is 0 Å². The number of anilines is 1. The van der Waals surface area contributed by atoms with Crippen LogP contribution in [-0.4, -0.2) is 21.4 Å². The monoisotopic (exact) mass is 419 g/mol. The maximum atomic E-state index is 13.3. The standard InChI is InChI=1S/C20H15F2NO5S/c1-27-19-5-3-2-4-16(19)20(24)23-13-6-8-14(9-7-13)28-29(25,26)15-10-11-17(21)18(22)12-15/h2-12H,1H3,(H,23,24). The lowest BCUT2D eigenvalue weighted by Gasteiger charge is -2.10. The smallest absolute Gasteiger partial charge is 0.339 e. The van der Waals surface area contributed by atoms with Crippen molar-refractivity contribution in [2.45, 2.75) is 4.90 Å². The molecule has 1 N–H and O–H groups in total. The Morgan fingerprint density at radius 3 is 2.28 bits per heavy atom. The van der Waals surface area contributed by atoms with E-state index in [1.807, 2.05) is 0 Å². The van der Waals surface area contributed by atoms with E-state index in [4.69, 9.17) is 8.92 Å². The molecule has 0 bridgehead atoms. The predicted molar refractivity (Wildman–Crippen MR) is 102 cm³/mol. The lowest BCUT2D eigenvalue weighted by atomic mass is 10.2. The van der Waals surface area contributed by atoms with Crippen molar-refractivity contribution in [1.82, 2.24) is 0 Å². The average molecular weight is 419 g/mol. The number of carbonyl (C=O) groups excluding carboxylic acids is 1. The van der Waals surface area contributed by atoms with Gasteiger partial charge in [-0.3, -0.25) is 4.79 Å². The lowest BCUT2D eigenvalue weighted by Crippen LogP contribution is -2.13. The number of rotatable bonds is 6. The molecule has 150 valence electrons. The van der Waals surface area contributed by atoms with Gasteiger partial charge in [0.15, 0.2) is 11.6 Å². The largest absolute Gasteiger partial charge is 0.496 e. The van der Waals surface area contributed by atoms with Crippen LogP contribution in [0.25, 0.3) is 0 Å². The molecule has 0 spiro atoms. The summed E-state index contributed by atoms with van der Waals surface area (Å²) in [6, 6.07) is 14.3. The molecule has 6 nitrogen and oxygen atoms in total. The van der Waals surface area contributed by atoms with Crippen molar-refractivity contribution in [2.75, 3.05) is 12.4 Å². The third-order valence-corrected chi connectivity index (χ3v) is 5.09. The molecular formula is C20H15F2NO5S. The molecule has 0 radical (unpaired) electrons. The molecule has 0 aromatic heterocycles. The van der Waals surface area contributed by atoms with Crippen LogP contribution in [0.2, 0.25) is 0 Å². The first-order valence-corrected chi connectivity index (χ1v) is 9.65. The summed E-state index contributed by atoms with van der Waals surface area (Å²) in [5, 5.41) is 2.65. The van der Waals surface area contributed by atoms with Crippen LogP contribution in [-0.2, 0) is 10.1 Å². The zero-order chi connectivity index (χ0) is 21.0. The van der Waals surface area contributed by atoms with E-state index in [0.29, 0.717) is 29.1 Å². The number of hydrogen-bond acceptors (Lipinski definition) is 5. The minimum atomic E-state index is -4.35. The molecule has 0 aliphatic carbocycles. The Labute approximate surface area is 165 Å². The van der Waals surface area contributed by atoms with Crippen LogP contribution in [0.3, 0.4) is 0 Å². The number of benzene rings is 3. The van der Waals surface area contributed by atoms with Gasteiger partial charge in [0.1, 0.15) is 16.4 Å². The summed E-state index contributed by atoms with van der Waals surface area (Å²) >= 11 is 0. The van der Waals surface area contributed by atoms with Crippen molar-refractivity contribution >= 4 is 21.7 Å². The van der Waals surface area contributed by atoms with E-state index >= 15 is 0 Å². The summed E-state index contributed by atoms with van der Waals surface area (Å²) in [5.41, 5.74) is 0.717. The van der Waals surface area contributed by atoms with E-state index in [1.165, 1.54) is 31.4 Å². The van der Waals surface area contributed by atoms with Crippen molar-refractivity contribution in [3.8, 4) is 11.5 Å². The van der Waals surface area contributed by atoms with Crippen LogP contribution < -0.4 is 14.2 Å². The van der Waals surface area contributed by atoms with E-state index in [9.17, 15) is 22.0 Å². The number of carbonyl (C=O) groups is 1. The Hall–Kier alpha value is -3.46. The second-order valence-corrected chi connectivity index (χ2v) is 7.34. The molecule has 3 aromatic rings. The third kappa shape index (κ3) is 4.69. The van der Waals surface area contributed by atoms with Gasteiger partial charge >= 0.3 is 10.1 Å². The second-order valence-electron chi connectivity index (χ2n) is 5.79. The number of halogens is 2. The van der Waals surface area contributed by atoms with Gasteiger partial charge < -0.3 is 14.2 Å². The first-order chi connectivity index (χ1) is 13.8. The number of amides is 1. The quantitative estimate of drug-likeness (QED) is 0.611. The molecular weight excluding hydrogens is 404 g/mol. The number of ether oxygens (including phenoxy) is 1. The molecule has 0 unspecified atom stereocenters. The summed E-state index contributed by atoms with van der Waals surface area (Å²) < 4.78 is 60.7. The van der Waals surface area contributed by atoms with Crippen molar-refractivity contribution in [1.29, 1.82) is 0 Å². The van der Waals surface area contributed by atoms with Gasteiger partial charge in [0.25, 0.3) is 5.91 Å². The van der Waals surface area contributed by atoms with E-state index in [2.05, 4.69) is 5.32 Å². The molecule has 0 aliphatic rings. The van der Waals surface area contributed by atoms with Crippen molar-refractivity contribution < 1.29 is 30.9 Å².